The molecule has 1 aromatic carbocycles. The smallest absolute Gasteiger partial charge is 0.351 e. The van der Waals surface area contributed by atoms with Crippen molar-refractivity contribution in [1.82, 2.24) is 19.9 Å². The molecule has 1 atom stereocenters. The Kier molecular flexibility index (Phi) is 11.4. The molecule has 1 unspecified atom stereocenters. The fraction of sp³-hybridized carbons (Fsp3) is 0.556. The van der Waals surface area contributed by atoms with Crippen molar-refractivity contribution in [2.45, 2.75) is 63.3 Å². The number of hydrogen-bond acceptors (Lipinski definition) is 6. The van der Waals surface area contributed by atoms with Crippen molar-refractivity contribution in [2.24, 2.45) is 5.92 Å². The average Bonchev–Trinajstić information content (AvgIpc) is 2.88. The lowest BCUT2D eigenvalue weighted by Gasteiger charge is -2.30. The molecule has 222 valence electrons. The van der Waals surface area contributed by atoms with Gasteiger partial charge in [0.25, 0.3) is 0 Å². The molecule has 0 spiro atoms. The minimum Gasteiger partial charge on any atom is -0.351 e. The minimum atomic E-state index is -4.58. The summed E-state index contributed by atoms with van der Waals surface area (Å²) in [6.45, 7) is 6.52. The topological polar surface area (TPSA) is 91.4 Å². The van der Waals surface area contributed by atoms with Gasteiger partial charge in [-0.15, -0.1) is 11.8 Å². The molecule has 0 aliphatic carbocycles. The van der Waals surface area contributed by atoms with Gasteiger partial charge in [0.1, 0.15) is 16.5 Å². The number of nitrogens with zero attached hydrogens (tertiary/aromatic N) is 2. The van der Waals surface area contributed by atoms with Crippen LogP contribution in [0.3, 0.4) is 0 Å². The predicted octanol–water partition coefficient (Wildman–Crippen LogP) is 4.92. The molecule has 7 nitrogen and oxygen atoms in total. The lowest BCUT2D eigenvalue weighted by Crippen LogP contribution is -2.33. The maximum Gasteiger partial charge on any atom is 0.433 e. The second-order valence-electron chi connectivity index (χ2n) is 10.3. The number of hydrogen-bond donors (Lipinski definition) is 2. The van der Waals surface area contributed by atoms with Gasteiger partial charge in [0.2, 0.25) is 15.9 Å². The number of nitrogens with one attached hydrogen (secondary N) is 2. The Balaban J connectivity index is 1.61. The first-order valence-electron chi connectivity index (χ1n) is 13.2. The largest absolute Gasteiger partial charge is 0.433 e. The third kappa shape index (κ3) is 10.0. The number of halogens is 4. The fourth-order valence-corrected chi connectivity index (χ4v) is 5.67. The number of benzene rings is 1. The van der Waals surface area contributed by atoms with Crippen LogP contribution in [0.25, 0.3) is 0 Å². The van der Waals surface area contributed by atoms with E-state index < -0.39 is 39.5 Å². The molecule has 1 fully saturated rings. The first kappa shape index (κ1) is 32.3. The monoisotopic (exact) mass is 604 g/mol. The van der Waals surface area contributed by atoms with Gasteiger partial charge in [0.05, 0.1) is 12.2 Å². The minimum absolute atomic E-state index is 0.0283. The van der Waals surface area contributed by atoms with E-state index in [4.69, 9.17) is 0 Å². The van der Waals surface area contributed by atoms with Crippen LogP contribution in [0.1, 0.15) is 61.4 Å². The second-order valence-corrected chi connectivity index (χ2v) is 13.2. The third-order valence-corrected chi connectivity index (χ3v) is 8.70. The molecule has 3 rings (SSSR count). The molecule has 2 heterocycles. The summed E-state index contributed by atoms with van der Waals surface area (Å²) in [5.74, 6) is -0.521. The Morgan fingerprint density at radius 3 is 2.45 bits per heavy atom. The van der Waals surface area contributed by atoms with Crippen LogP contribution < -0.4 is 10.0 Å². The number of carbonyl (C=O) groups is 1. The normalized spacial score (nSPS) is 16.2. The highest BCUT2D eigenvalue weighted by atomic mass is 32.2. The average molecular weight is 605 g/mol. The molecule has 1 saturated heterocycles. The number of aromatic nitrogens is 1. The number of likely N-dealkylation sites (tertiary alicyclic amines) is 1. The number of carbonyl (C=O) groups excluding carboxylic acids is 1. The van der Waals surface area contributed by atoms with E-state index in [1.807, 2.05) is 0 Å². The van der Waals surface area contributed by atoms with Crippen LogP contribution in [0.4, 0.5) is 17.6 Å². The van der Waals surface area contributed by atoms with E-state index in [-0.39, 0.29) is 23.7 Å². The maximum absolute atomic E-state index is 14.5. The molecule has 0 bridgehead atoms. The van der Waals surface area contributed by atoms with Crippen molar-refractivity contribution in [3.8, 4) is 0 Å². The molecule has 1 aliphatic rings. The Hall–Kier alpha value is -2.22. The van der Waals surface area contributed by atoms with Crippen LogP contribution >= 0.6 is 11.8 Å². The third-order valence-electron chi connectivity index (χ3n) is 6.91. The second kappa shape index (κ2) is 14.1. The highest BCUT2D eigenvalue weighted by Gasteiger charge is 2.33. The number of sulfonamides is 1. The summed E-state index contributed by atoms with van der Waals surface area (Å²) in [5, 5.41) is 2.95. The number of alkyl halides is 3. The van der Waals surface area contributed by atoms with E-state index >= 15 is 0 Å². The van der Waals surface area contributed by atoms with E-state index in [1.54, 1.807) is 6.92 Å². The van der Waals surface area contributed by atoms with Gasteiger partial charge in [-0.05, 0) is 69.4 Å². The SMILES string of the molecule is CC1CCN(CCCSc2nc(C(F)(F)F)ccc2CNC(=O)C(C)c2ccc(CNS(C)(=O)=O)c(F)c2)CC1. The number of rotatable bonds is 12. The Morgan fingerprint density at radius 1 is 1.15 bits per heavy atom. The fourth-order valence-electron chi connectivity index (χ4n) is 4.30. The van der Waals surface area contributed by atoms with Gasteiger partial charge in [-0.3, -0.25) is 4.79 Å². The van der Waals surface area contributed by atoms with Gasteiger partial charge < -0.3 is 10.2 Å². The molecular formula is C27H36F4N4O3S2. The number of amides is 1. The predicted molar refractivity (Wildman–Crippen MR) is 148 cm³/mol. The Labute approximate surface area is 237 Å². The molecule has 1 aliphatic heterocycles. The lowest BCUT2D eigenvalue weighted by molar-refractivity contribution is -0.141. The zero-order valence-electron chi connectivity index (χ0n) is 22.9. The molecule has 40 heavy (non-hydrogen) atoms. The molecule has 2 N–H and O–H groups in total. The quantitative estimate of drug-likeness (QED) is 0.203. The van der Waals surface area contributed by atoms with Gasteiger partial charge in [0.15, 0.2) is 0 Å². The van der Waals surface area contributed by atoms with Crippen molar-refractivity contribution in [3.63, 3.8) is 0 Å². The maximum atomic E-state index is 14.5. The highest BCUT2D eigenvalue weighted by Crippen LogP contribution is 2.31. The number of pyridine rings is 1. The van der Waals surface area contributed by atoms with Crippen LogP contribution in [-0.2, 0) is 34.1 Å². The summed E-state index contributed by atoms with van der Waals surface area (Å²) >= 11 is 1.25. The van der Waals surface area contributed by atoms with Crippen molar-refractivity contribution < 1.29 is 30.8 Å². The van der Waals surface area contributed by atoms with E-state index in [2.05, 4.69) is 26.8 Å². The van der Waals surface area contributed by atoms with Crippen LogP contribution in [0.15, 0.2) is 35.4 Å². The van der Waals surface area contributed by atoms with E-state index in [1.165, 1.54) is 36.0 Å². The van der Waals surface area contributed by atoms with Crippen molar-refractivity contribution in [1.29, 1.82) is 0 Å². The standard InChI is InChI=1S/C27H36F4N4O3S2/c1-18-9-12-35(13-10-18)11-4-14-39-26-22(7-8-24(34-26)27(29,30)31)16-32-25(36)19(2)20-5-6-21(23(28)15-20)17-33-40(3,37)38/h5-8,15,18-19,33H,4,9-14,16-17H2,1-3H3,(H,32,36). The summed E-state index contributed by atoms with van der Waals surface area (Å²) in [6.07, 6.45) is -0.494. The van der Waals surface area contributed by atoms with Crippen molar-refractivity contribution in [3.05, 3.63) is 58.5 Å². The number of thioether (sulfide) groups is 1. The van der Waals surface area contributed by atoms with Crippen LogP contribution in [0.5, 0.6) is 0 Å². The Morgan fingerprint density at radius 2 is 1.82 bits per heavy atom. The van der Waals surface area contributed by atoms with Gasteiger partial charge in [0, 0.05) is 30.0 Å². The summed E-state index contributed by atoms with van der Waals surface area (Å²) in [6, 6.07) is 6.36. The van der Waals surface area contributed by atoms with E-state index in [9.17, 15) is 30.8 Å². The summed E-state index contributed by atoms with van der Waals surface area (Å²) in [7, 11) is -3.49. The van der Waals surface area contributed by atoms with Crippen molar-refractivity contribution >= 4 is 27.7 Å². The molecule has 0 saturated carbocycles. The first-order chi connectivity index (χ1) is 18.7. The molecule has 1 amide bonds. The Bertz CT molecular complexity index is 1270. The summed E-state index contributed by atoms with van der Waals surface area (Å²) < 4.78 is 79.2. The van der Waals surface area contributed by atoms with Gasteiger partial charge in [-0.1, -0.05) is 25.1 Å². The lowest BCUT2D eigenvalue weighted by atomic mass is 9.98. The zero-order chi connectivity index (χ0) is 29.5. The van der Waals surface area contributed by atoms with E-state index in [0.29, 0.717) is 16.9 Å². The van der Waals surface area contributed by atoms with Gasteiger partial charge >= 0.3 is 6.18 Å². The zero-order valence-corrected chi connectivity index (χ0v) is 24.5. The van der Waals surface area contributed by atoms with Crippen molar-refractivity contribution in [2.75, 3.05) is 31.6 Å². The molecule has 1 aromatic heterocycles. The molecule has 2 aromatic rings. The highest BCUT2D eigenvalue weighted by molar-refractivity contribution is 7.99. The summed E-state index contributed by atoms with van der Waals surface area (Å²) in [4.78, 5) is 19.1. The van der Waals surface area contributed by atoms with Crippen LogP contribution in [0.2, 0.25) is 0 Å². The molecule has 0 radical (unpaired) electrons. The first-order valence-corrected chi connectivity index (χ1v) is 16.0. The molecule has 13 heteroatoms. The van der Waals surface area contributed by atoms with Crippen LogP contribution in [-0.4, -0.2) is 55.9 Å². The van der Waals surface area contributed by atoms with E-state index in [0.717, 1.165) is 57.1 Å². The van der Waals surface area contributed by atoms with Gasteiger partial charge in [-0.25, -0.2) is 22.5 Å². The van der Waals surface area contributed by atoms with Gasteiger partial charge in [-0.2, -0.15) is 13.2 Å². The van der Waals surface area contributed by atoms with Crippen LogP contribution in [0, 0.1) is 11.7 Å². The molecular weight excluding hydrogens is 568 g/mol. The summed E-state index contributed by atoms with van der Waals surface area (Å²) in [5.41, 5.74) is 0.00240. The number of piperidine rings is 1.